The number of nitrogens with zero attached hydrogens (tertiary/aromatic N) is 3. The third-order valence-corrected chi connectivity index (χ3v) is 6.61. The fourth-order valence-corrected chi connectivity index (χ4v) is 4.54. The molecule has 5 amide bonds. The number of hydrogen-bond donors (Lipinski definition) is 2. The number of hydrogen-bond acceptors (Lipinski definition) is 7. The molecule has 0 saturated carbocycles. The molecule has 11 nitrogen and oxygen atoms in total. The van der Waals surface area contributed by atoms with Crippen molar-refractivity contribution in [3.63, 3.8) is 0 Å². The predicted octanol–water partition coefficient (Wildman–Crippen LogP) is 0.469. The molecule has 5 rings (SSSR count). The molecule has 0 unspecified atom stereocenters. The molecule has 0 aromatic heterocycles. The standard InChI is InChI=1S/C25H27N5O6/c1-25(17-7-3-2-4-8-17)23(33)30(24(34)26-25)27-21(31)15-28-11-13-29(14-12-28)22(32)20-16-35-18-9-5-6-10-19(18)36-20/h2-10,20H,11-16H2,1H3,(H,26,34)(H,27,31)/t20-,25+/m1/s1. The van der Waals surface area contributed by atoms with Crippen LogP contribution in [0.5, 0.6) is 11.5 Å². The fourth-order valence-electron chi connectivity index (χ4n) is 4.54. The first kappa shape index (κ1) is 23.6. The Morgan fingerprint density at radius 3 is 2.39 bits per heavy atom. The highest BCUT2D eigenvalue weighted by atomic mass is 16.6. The SMILES string of the molecule is C[C@@]1(c2ccccc2)NC(=O)N(NC(=O)CN2CCN(C(=O)[C@H]3COc4ccccc4O3)CC2)C1=O. The monoisotopic (exact) mass is 493 g/mol. The largest absolute Gasteiger partial charge is 0.485 e. The molecule has 11 heteroatoms. The number of rotatable bonds is 5. The van der Waals surface area contributed by atoms with E-state index in [1.54, 1.807) is 48.2 Å². The lowest BCUT2D eigenvalue weighted by molar-refractivity contribution is -0.144. The zero-order valence-corrected chi connectivity index (χ0v) is 19.8. The molecular formula is C25H27N5O6. The first-order chi connectivity index (χ1) is 17.3. The minimum atomic E-state index is -1.26. The molecule has 2 atom stereocenters. The molecule has 2 aromatic rings. The highest BCUT2D eigenvalue weighted by Crippen LogP contribution is 2.31. The smallest absolute Gasteiger partial charge is 0.344 e. The number of urea groups is 1. The molecule has 3 aliphatic rings. The lowest BCUT2D eigenvalue weighted by Crippen LogP contribution is -2.56. The Morgan fingerprint density at radius 1 is 1.00 bits per heavy atom. The van der Waals surface area contributed by atoms with Crippen LogP contribution in [0.3, 0.4) is 0 Å². The second-order valence-corrected chi connectivity index (χ2v) is 9.06. The summed E-state index contributed by atoms with van der Waals surface area (Å²) in [6, 6.07) is 15.4. The van der Waals surface area contributed by atoms with Gasteiger partial charge in [-0.2, -0.15) is 5.01 Å². The van der Waals surface area contributed by atoms with Crippen LogP contribution in [-0.4, -0.2) is 84.0 Å². The van der Waals surface area contributed by atoms with Crippen molar-refractivity contribution < 1.29 is 28.7 Å². The maximum absolute atomic E-state index is 13.0. The van der Waals surface area contributed by atoms with Gasteiger partial charge in [-0.05, 0) is 24.6 Å². The van der Waals surface area contributed by atoms with Crippen LogP contribution in [0, 0.1) is 0 Å². The van der Waals surface area contributed by atoms with Gasteiger partial charge in [0, 0.05) is 26.2 Å². The van der Waals surface area contributed by atoms with Gasteiger partial charge in [0.05, 0.1) is 6.54 Å². The Kier molecular flexibility index (Phi) is 6.23. The van der Waals surface area contributed by atoms with Gasteiger partial charge in [-0.3, -0.25) is 24.7 Å². The minimum Gasteiger partial charge on any atom is -0.485 e. The fraction of sp³-hybridized carbons (Fsp3) is 0.360. The molecule has 0 spiro atoms. The molecule has 188 valence electrons. The molecule has 2 aromatic carbocycles. The highest BCUT2D eigenvalue weighted by molar-refractivity contribution is 6.08. The second kappa shape index (κ2) is 9.50. The molecule has 2 N–H and O–H groups in total. The molecule has 0 aliphatic carbocycles. The maximum Gasteiger partial charge on any atom is 0.344 e. The lowest BCUT2D eigenvalue weighted by atomic mass is 9.92. The van der Waals surface area contributed by atoms with E-state index in [1.165, 1.54) is 0 Å². The zero-order valence-electron chi connectivity index (χ0n) is 19.8. The topological polar surface area (TPSA) is 121 Å². The number of imide groups is 1. The van der Waals surface area contributed by atoms with Crippen molar-refractivity contribution in [1.82, 2.24) is 25.6 Å². The van der Waals surface area contributed by atoms with E-state index in [2.05, 4.69) is 10.7 Å². The van der Waals surface area contributed by atoms with Gasteiger partial charge < -0.3 is 19.7 Å². The number of carbonyl (C=O) groups excluding carboxylic acids is 4. The Labute approximate surface area is 207 Å². The van der Waals surface area contributed by atoms with Crippen molar-refractivity contribution in [3.05, 3.63) is 60.2 Å². The minimum absolute atomic E-state index is 0.0163. The van der Waals surface area contributed by atoms with Crippen LogP contribution in [0.4, 0.5) is 4.79 Å². The summed E-state index contributed by atoms with van der Waals surface area (Å²) >= 11 is 0. The van der Waals surface area contributed by atoms with Gasteiger partial charge in [-0.15, -0.1) is 0 Å². The van der Waals surface area contributed by atoms with E-state index in [0.29, 0.717) is 43.2 Å². The van der Waals surface area contributed by atoms with Gasteiger partial charge in [-0.1, -0.05) is 42.5 Å². The van der Waals surface area contributed by atoms with Gasteiger partial charge in [0.1, 0.15) is 12.1 Å². The molecule has 0 bridgehead atoms. The molecular weight excluding hydrogens is 466 g/mol. The summed E-state index contributed by atoms with van der Waals surface area (Å²) in [6.45, 7) is 3.50. The molecule has 3 heterocycles. The quantitative estimate of drug-likeness (QED) is 0.581. The zero-order chi connectivity index (χ0) is 25.3. The van der Waals surface area contributed by atoms with E-state index in [9.17, 15) is 19.2 Å². The normalized spacial score (nSPS) is 23.9. The maximum atomic E-state index is 13.0. The van der Waals surface area contributed by atoms with Crippen molar-refractivity contribution in [2.24, 2.45) is 0 Å². The number of hydrazine groups is 1. The number of benzene rings is 2. The molecule has 0 radical (unpaired) electrons. The van der Waals surface area contributed by atoms with Crippen molar-refractivity contribution in [2.75, 3.05) is 39.3 Å². The van der Waals surface area contributed by atoms with Crippen LogP contribution in [0.25, 0.3) is 0 Å². The predicted molar refractivity (Wildman–Crippen MR) is 127 cm³/mol. The highest BCUT2D eigenvalue weighted by Gasteiger charge is 2.50. The van der Waals surface area contributed by atoms with Crippen LogP contribution in [-0.2, 0) is 19.9 Å². The number of piperazine rings is 1. The van der Waals surface area contributed by atoms with Gasteiger partial charge in [0.25, 0.3) is 17.7 Å². The van der Waals surface area contributed by atoms with E-state index >= 15 is 0 Å². The first-order valence-electron chi connectivity index (χ1n) is 11.8. The van der Waals surface area contributed by atoms with Gasteiger partial charge in [-0.25, -0.2) is 4.79 Å². The third-order valence-electron chi connectivity index (χ3n) is 6.61. The van der Waals surface area contributed by atoms with Crippen molar-refractivity contribution in [3.8, 4) is 11.5 Å². The molecule has 2 fully saturated rings. The average Bonchev–Trinajstić information content (AvgIpc) is 3.12. The number of fused-ring (bicyclic) bond motifs is 1. The van der Waals surface area contributed by atoms with E-state index < -0.39 is 29.5 Å². The number of nitrogens with one attached hydrogen (secondary N) is 2. The average molecular weight is 494 g/mol. The summed E-state index contributed by atoms with van der Waals surface area (Å²) in [7, 11) is 0. The van der Waals surface area contributed by atoms with Crippen LogP contribution in [0.1, 0.15) is 12.5 Å². The Bertz CT molecular complexity index is 1180. The number of ether oxygens (including phenoxy) is 2. The van der Waals surface area contributed by atoms with Crippen LogP contribution in [0.15, 0.2) is 54.6 Å². The first-order valence-corrected chi connectivity index (χ1v) is 11.8. The van der Waals surface area contributed by atoms with Crippen LogP contribution < -0.4 is 20.2 Å². The van der Waals surface area contributed by atoms with Crippen LogP contribution in [0.2, 0.25) is 0 Å². The molecule has 3 aliphatic heterocycles. The summed E-state index contributed by atoms with van der Waals surface area (Å²) in [4.78, 5) is 54.5. The Hall–Kier alpha value is -4.12. The van der Waals surface area contributed by atoms with Gasteiger partial charge in [0.2, 0.25) is 6.10 Å². The summed E-state index contributed by atoms with van der Waals surface area (Å²) in [5, 5.41) is 3.38. The van der Waals surface area contributed by atoms with Crippen molar-refractivity contribution >= 4 is 23.8 Å². The molecule has 36 heavy (non-hydrogen) atoms. The summed E-state index contributed by atoms with van der Waals surface area (Å²) in [5.41, 5.74) is 1.78. The third kappa shape index (κ3) is 4.44. The lowest BCUT2D eigenvalue weighted by Gasteiger charge is -2.37. The second-order valence-electron chi connectivity index (χ2n) is 9.06. The van der Waals surface area contributed by atoms with E-state index in [4.69, 9.17) is 9.47 Å². The summed E-state index contributed by atoms with van der Waals surface area (Å²) in [6.07, 6.45) is -0.714. The summed E-state index contributed by atoms with van der Waals surface area (Å²) < 4.78 is 11.5. The van der Waals surface area contributed by atoms with Gasteiger partial charge in [0.15, 0.2) is 11.5 Å². The Balaban J connectivity index is 1.11. The van der Waals surface area contributed by atoms with E-state index in [0.717, 1.165) is 5.01 Å². The van der Waals surface area contributed by atoms with Gasteiger partial charge >= 0.3 is 6.03 Å². The van der Waals surface area contributed by atoms with Crippen molar-refractivity contribution in [2.45, 2.75) is 18.6 Å². The number of carbonyl (C=O) groups is 4. The Morgan fingerprint density at radius 2 is 1.67 bits per heavy atom. The van der Waals surface area contributed by atoms with Crippen LogP contribution >= 0.6 is 0 Å². The molecule has 2 saturated heterocycles. The van der Waals surface area contributed by atoms with Crippen molar-refractivity contribution in [1.29, 1.82) is 0 Å². The van der Waals surface area contributed by atoms with E-state index in [1.807, 2.05) is 23.1 Å². The summed E-state index contributed by atoms with van der Waals surface area (Å²) in [5.74, 6) is -0.0454. The van der Waals surface area contributed by atoms with E-state index in [-0.39, 0.29) is 19.1 Å². The number of amides is 5. The number of para-hydroxylation sites is 2.